The van der Waals surface area contributed by atoms with Crippen molar-refractivity contribution in [3.63, 3.8) is 0 Å². The minimum Gasteiger partial charge on any atom is -0.496 e. The molecule has 1 aromatic heterocycles. The maximum Gasteiger partial charge on any atom is 0.191 e. The van der Waals surface area contributed by atoms with E-state index in [9.17, 15) is 0 Å². The highest BCUT2D eigenvalue weighted by molar-refractivity contribution is 14.0. The highest BCUT2D eigenvalue weighted by atomic mass is 127. The highest BCUT2D eigenvalue weighted by Crippen LogP contribution is 2.34. The lowest BCUT2D eigenvalue weighted by Gasteiger charge is -2.14. The summed E-state index contributed by atoms with van der Waals surface area (Å²) >= 11 is 1.71. The lowest BCUT2D eigenvalue weighted by molar-refractivity contribution is 0.254. The Balaban J connectivity index is 0.00000261. The molecule has 8 heteroatoms. The minimum atomic E-state index is 0. The zero-order valence-corrected chi connectivity index (χ0v) is 19.5. The molecule has 1 unspecified atom stereocenters. The molecule has 1 aliphatic rings. The summed E-state index contributed by atoms with van der Waals surface area (Å²) < 4.78 is 11.4. The molecule has 1 aromatic carbocycles. The minimum absolute atomic E-state index is 0. The van der Waals surface area contributed by atoms with Crippen LogP contribution in [0.2, 0.25) is 0 Å². The SMILES string of the molecule is CN=C(NCc1nc(C)c(C)s1)NCc1cc2c(cc1OC)CC(C)O2.I. The Hall–Kier alpha value is -1.55. The Morgan fingerprint density at radius 1 is 1.33 bits per heavy atom. The van der Waals surface area contributed by atoms with E-state index in [1.807, 2.05) is 6.92 Å². The Morgan fingerprint density at radius 2 is 2.07 bits per heavy atom. The molecule has 6 nitrogen and oxygen atoms in total. The Morgan fingerprint density at radius 3 is 2.70 bits per heavy atom. The van der Waals surface area contributed by atoms with Crippen molar-refractivity contribution >= 4 is 41.3 Å². The average molecular weight is 502 g/mol. The first-order valence-electron chi connectivity index (χ1n) is 8.74. The van der Waals surface area contributed by atoms with E-state index in [1.54, 1.807) is 25.5 Å². The fourth-order valence-electron chi connectivity index (χ4n) is 2.98. The van der Waals surface area contributed by atoms with Crippen LogP contribution in [0.4, 0.5) is 0 Å². The summed E-state index contributed by atoms with van der Waals surface area (Å²) in [5.74, 6) is 2.55. The molecule has 0 saturated heterocycles. The van der Waals surface area contributed by atoms with Crippen LogP contribution in [0.25, 0.3) is 0 Å². The van der Waals surface area contributed by atoms with Crippen molar-refractivity contribution in [2.75, 3.05) is 14.2 Å². The molecule has 0 spiro atoms. The molecule has 3 rings (SSSR count). The van der Waals surface area contributed by atoms with Gasteiger partial charge in [-0.25, -0.2) is 4.98 Å². The van der Waals surface area contributed by atoms with Crippen molar-refractivity contribution in [3.8, 4) is 11.5 Å². The van der Waals surface area contributed by atoms with Crippen molar-refractivity contribution in [3.05, 3.63) is 38.8 Å². The van der Waals surface area contributed by atoms with Crippen LogP contribution in [0.1, 0.15) is 33.6 Å². The Labute approximate surface area is 181 Å². The number of guanidine groups is 1. The van der Waals surface area contributed by atoms with E-state index < -0.39 is 0 Å². The predicted octanol–water partition coefficient (Wildman–Crippen LogP) is 3.58. The van der Waals surface area contributed by atoms with E-state index in [0.717, 1.165) is 40.1 Å². The number of rotatable bonds is 5. The summed E-state index contributed by atoms with van der Waals surface area (Å²) in [7, 11) is 3.46. The number of fused-ring (bicyclic) bond motifs is 1. The van der Waals surface area contributed by atoms with Gasteiger partial charge >= 0.3 is 0 Å². The van der Waals surface area contributed by atoms with Crippen LogP contribution in [0.3, 0.4) is 0 Å². The first kappa shape index (κ1) is 21.7. The molecule has 0 saturated carbocycles. The number of halogens is 1. The highest BCUT2D eigenvalue weighted by Gasteiger charge is 2.21. The lowest BCUT2D eigenvalue weighted by Crippen LogP contribution is -2.36. The van der Waals surface area contributed by atoms with Crippen LogP contribution >= 0.6 is 35.3 Å². The number of aromatic nitrogens is 1. The normalized spacial score (nSPS) is 15.6. The monoisotopic (exact) mass is 502 g/mol. The van der Waals surface area contributed by atoms with Crippen molar-refractivity contribution < 1.29 is 9.47 Å². The first-order chi connectivity index (χ1) is 12.5. The number of nitrogens with zero attached hydrogens (tertiary/aromatic N) is 2. The van der Waals surface area contributed by atoms with E-state index in [1.165, 1.54) is 10.4 Å². The fraction of sp³-hybridized carbons (Fsp3) is 0.474. The zero-order chi connectivity index (χ0) is 18.7. The van der Waals surface area contributed by atoms with Gasteiger partial charge in [0.1, 0.15) is 22.6 Å². The molecule has 1 aliphatic heterocycles. The lowest BCUT2D eigenvalue weighted by atomic mass is 10.1. The molecule has 0 amide bonds. The molecule has 2 aromatic rings. The average Bonchev–Trinajstić information content (AvgIpc) is 3.14. The second kappa shape index (κ2) is 9.59. The second-order valence-corrected chi connectivity index (χ2v) is 7.72. The third-order valence-corrected chi connectivity index (χ3v) is 5.52. The van der Waals surface area contributed by atoms with Gasteiger partial charge in [0.2, 0.25) is 0 Å². The van der Waals surface area contributed by atoms with E-state index in [-0.39, 0.29) is 30.1 Å². The number of nitrogens with one attached hydrogen (secondary N) is 2. The van der Waals surface area contributed by atoms with Gasteiger partial charge in [-0.3, -0.25) is 4.99 Å². The number of ether oxygens (including phenoxy) is 2. The third-order valence-electron chi connectivity index (χ3n) is 4.45. The molecule has 0 fully saturated rings. The quantitative estimate of drug-likeness (QED) is 0.372. The summed E-state index contributed by atoms with van der Waals surface area (Å²) in [5, 5.41) is 7.70. The molecular weight excluding hydrogens is 475 g/mol. The van der Waals surface area contributed by atoms with Crippen molar-refractivity contribution in [2.24, 2.45) is 4.99 Å². The summed E-state index contributed by atoms with van der Waals surface area (Å²) in [6.07, 6.45) is 1.15. The molecular formula is C19H27IN4O2S. The van der Waals surface area contributed by atoms with Gasteiger partial charge in [0.25, 0.3) is 0 Å². The van der Waals surface area contributed by atoms with Crippen LogP contribution < -0.4 is 20.1 Å². The summed E-state index contributed by atoms with van der Waals surface area (Å²) in [6, 6.07) is 4.14. The molecule has 2 heterocycles. The second-order valence-electron chi connectivity index (χ2n) is 6.43. The van der Waals surface area contributed by atoms with E-state index >= 15 is 0 Å². The third kappa shape index (κ3) is 5.25. The Bertz CT molecular complexity index is 803. The van der Waals surface area contributed by atoms with Gasteiger partial charge in [0.15, 0.2) is 5.96 Å². The van der Waals surface area contributed by atoms with Gasteiger partial charge < -0.3 is 20.1 Å². The number of thiazole rings is 1. The standard InChI is InChI=1S/C19H26N4O2S.HI/c1-11-6-14-7-16(24-5)15(8-17(14)25-11)9-21-19(20-4)22-10-18-23-12(2)13(3)26-18;/h7-8,11H,6,9-10H2,1-5H3,(H2,20,21,22);1H. The van der Waals surface area contributed by atoms with Crippen LogP contribution in [-0.4, -0.2) is 31.2 Å². The molecule has 148 valence electrons. The van der Waals surface area contributed by atoms with Gasteiger partial charge in [-0.1, -0.05) is 0 Å². The van der Waals surface area contributed by atoms with Crippen LogP contribution in [0.15, 0.2) is 17.1 Å². The van der Waals surface area contributed by atoms with Crippen LogP contribution in [0, 0.1) is 13.8 Å². The molecule has 0 bridgehead atoms. The first-order valence-corrected chi connectivity index (χ1v) is 9.55. The number of hydrogen-bond donors (Lipinski definition) is 2. The summed E-state index contributed by atoms with van der Waals surface area (Å²) in [6.45, 7) is 7.46. The molecule has 0 radical (unpaired) electrons. The van der Waals surface area contributed by atoms with E-state index in [0.29, 0.717) is 13.1 Å². The van der Waals surface area contributed by atoms with Crippen LogP contribution in [-0.2, 0) is 19.5 Å². The van der Waals surface area contributed by atoms with Gasteiger partial charge in [-0.15, -0.1) is 35.3 Å². The van der Waals surface area contributed by atoms with Crippen LogP contribution in [0.5, 0.6) is 11.5 Å². The maximum absolute atomic E-state index is 5.86. The van der Waals surface area contributed by atoms with E-state index in [2.05, 4.69) is 46.6 Å². The van der Waals surface area contributed by atoms with Gasteiger partial charge in [-0.2, -0.15) is 0 Å². The maximum atomic E-state index is 5.86. The summed E-state index contributed by atoms with van der Waals surface area (Å²) in [4.78, 5) is 10.1. The smallest absolute Gasteiger partial charge is 0.191 e. The number of benzene rings is 1. The number of methoxy groups -OCH3 is 1. The van der Waals surface area contributed by atoms with Gasteiger partial charge in [0.05, 0.1) is 19.3 Å². The van der Waals surface area contributed by atoms with Gasteiger partial charge in [-0.05, 0) is 32.9 Å². The topological polar surface area (TPSA) is 67.8 Å². The number of hydrogen-bond acceptors (Lipinski definition) is 5. The molecule has 1 atom stereocenters. The van der Waals surface area contributed by atoms with E-state index in [4.69, 9.17) is 9.47 Å². The van der Waals surface area contributed by atoms with Crippen molar-refractivity contribution in [2.45, 2.75) is 46.4 Å². The molecule has 2 N–H and O–H groups in total. The largest absolute Gasteiger partial charge is 0.496 e. The summed E-state index contributed by atoms with van der Waals surface area (Å²) in [5.41, 5.74) is 3.34. The Kier molecular flexibility index (Phi) is 7.72. The predicted molar refractivity (Wildman–Crippen MR) is 121 cm³/mol. The molecule has 27 heavy (non-hydrogen) atoms. The zero-order valence-electron chi connectivity index (χ0n) is 16.4. The molecule has 0 aliphatic carbocycles. The number of aryl methyl sites for hydroxylation is 2. The fourth-order valence-corrected chi connectivity index (χ4v) is 3.86. The van der Waals surface area contributed by atoms with Crippen molar-refractivity contribution in [1.82, 2.24) is 15.6 Å². The van der Waals surface area contributed by atoms with Crippen molar-refractivity contribution in [1.29, 1.82) is 0 Å². The van der Waals surface area contributed by atoms with Gasteiger partial charge in [0, 0.05) is 36.0 Å². The number of aliphatic imine (C=N–C) groups is 1.